The molecule has 1 aliphatic carbocycles. The molecule has 5 heteroatoms. The van der Waals surface area contributed by atoms with Crippen molar-refractivity contribution in [1.29, 1.82) is 0 Å². The number of carbonyl (C=O) groups is 2. The quantitative estimate of drug-likeness (QED) is 0.870. The summed E-state index contributed by atoms with van der Waals surface area (Å²) in [5, 5.41) is 8.68. The smallest absolute Gasteiger partial charge is 0.323 e. The number of hydrogen-bond donors (Lipinski definition) is 1. The van der Waals surface area contributed by atoms with Gasteiger partial charge in [-0.2, -0.15) is 0 Å². The summed E-state index contributed by atoms with van der Waals surface area (Å²) in [7, 11) is 3.13. The first kappa shape index (κ1) is 13.4. The van der Waals surface area contributed by atoms with Crippen LogP contribution < -0.4 is 4.74 Å². The van der Waals surface area contributed by atoms with Gasteiger partial charge in [0, 0.05) is 13.0 Å². The van der Waals surface area contributed by atoms with E-state index in [9.17, 15) is 9.59 Å². The Kier molecular flexibility index (Phi) is 3.74. The normalized spacial score (nSPS) is 20.7. The lowest BCUT2D eigenvalue weighted by Gasteiger charge is -2.14. The molecule has 5 nitrogen and oxygen atoms in total. The fraction of sp³-hybridized carbons (Fsp3) is 0.429. The van der Waals surface area contributed by atoms with Gasteiger partial charge in [0.05, 0.1) is 7.11 Å². The van der Waals surface area contributed by atoms with E-state index in [1.807, 2.05) is 24.3 Å². The minimum atomic E-state index is -0.991. The average molecular weight is 263 g/mol. The van der Waals surface area contributed by atoms with Gasteiger partial charge in [-0.3, -0.25) is 9.59 Å². The Bertz CT molecular complexity index is 500. The molecule has 1 aliphatic rings. The largest absolute Gasteiger partial charge is 0.497 e. The van der Waals surface area contributed by atoms with Crippen LogP contribution in [0.2, 0.25) is 0 Å². The summed E-state index contributed by atoms with van der Waals surface area (Å²) in [5.74, 6) is -0.241. The summed E-state index contributed by atoms with van der Waals surface area (Å²) in [6.45, 7) is -0.250. The van der Waals surface area contributed by atoms with Gasteiger partial charge in [-0.05, 0) is 30.0 Å². The van der Waals surface area contributed by atoms with E-state index in [0.29, 0.717) is 0 Å². The highest BCUT2D eigenvalue weighted by Gasteiger charge is 2.45. The summed E-state index contributed by atoms with van der Waals surface area (Å²) in [5.41, 5.74) is 1.07. The molecular weight excluding hydrogens is 246 g/mol. The fourth-order valence-electron chi connectivity index (χ4n) is 2.27. The number of aliphatic carboxylic acids is 1. The third kappa shape index (κ3) is 3.05. The number of methoxy groups -OCH3 is 1. The third-order valence-corrected chi connectivity index (χ3v) is 3.38. The minimum Gasteiger partial charge on any atom is -0.497 e. The standard InChI is InChI=1S/C14H17NO4/c1-15(8-13(16)17)14(18)12-7-11(12)9-4-3-5-10(6-9)19-2/h3-6,11-12H,7-8H2,1-2H3,(H,16,17). The molecule has 1 amide bonds. The van der Waals surface area contributed by atoms with E-state index in [1.54, 1.807) is 7.11 Å². The molecule has 0 heterocycles. The molecule has 19 heavy (non-hydrogen) atoms. The van der Waals surface area contributed by atoms with Gasteiger partial charge in [0.1, 0.15) is 12.3 Å². The van der Waals surface area contributed by atoms with Gasteiger partial charge in [0.2, 0.25) is 5.91 Å². The first-order valence-electron chi connectivity index (χ1n) is 6.13. The monoisotopic (exact) mass is 263 g/mol. The van der Waals surface area contributed by atoms with E-state index in [1.165, 1.54) is 11.9 Å². The van der Waals surface area contributed by atoms with Crippen molar-refractivity contribution >= 4 is 11.9 Å². The second-order valence-electron chi connectivity index (χ2n) is 4.81. The predicted molar refractivity (Wildman–Crippen MR) is 69.1 cm³/mol. The fourth-order valence-corrected chi connectivity index (χ4v) is 2.27. The van der Waals surface area contributed by atoms with Crippen molar-refractivity contribution in [2.24, 2.45) is 5.92 Å². The van der Waals surface area contributed by atoms with Crippen LogP contribution in [0.3, 0.4) is 0 Å². The molecule has 0 aromatic heterocycles. The first-order valence-corrected chi connectivity index (χ1v) is 6.13. The SMILES string of the molecule is COc1cccc(C2CC2C(=O)N(C)CC(=O)O)c1. The first-order chi connectivity index (χ1) is 9.02. The minimum absolute atomic E-state index is 0.101. The molecule has 0 aliphatic heterocycles. The second-order valence-corrected chi connectivity index (χ2v) is 4.81. The molecule has 0 saturated heterocycles. The topological polar surface area (TPSA) is 66.8 Å². The maximum absolute atomic E-state index is 12.0. The molecule has 0 bridgehead atoms. The molecule has 1 N–H and O–H groups in total. The summed E-state index contributed by atoms with van der Waals surface area (Å²) >= 11 is 0. The van der Waals surface area contributed by atoms with Crippen molar-refractivity contribution < 1.29 is 19.4 Å². The van der Waals surface area contributed by atoms with Crippen molar-refractivity contribution in [3.8, 4) is 5.75 Å². The number of ether oxygens (including phenoxy) is 1. The van der Waals surface area contributed by atoms with E-state index in [4.69, 9.17) is 9.84 Å². The van der Waals surface area contributed by atoms with Crippen LogP contribution in [0.1, 0.15) is 17.9 Å². The zero-order valence-electron chi connectivity index (χ0n) is 11.0. The van der Waals surface area contributed by atoms with Crippen LogP contribution >= 0.6 is 0 Å². The number of likely N-dealkylation sites (N-methyl/N-ethyl adjacent to an activating group) is 1. The van der Waals surface area contributed by atoms with Gasteiger partial charge in [-0.1, -0.05) is 12.1 Å². The molecule has 1 aromatic rings. The van der Waals surface area contributed by atoms with E-state index >= 15 is 0 Å². The van der Waals surface area contributed by atoms with Gasteiger partial charge >= 0.3 is 5.97 Å². The van der Waals surface area contributed by atoms with Crippen molar-refractivity contribution in [1.82, 2.24) is 4.90 Å². The van der Waals surface area contributed by atoms with Crippen molar-refractivity contribution in [2.75, 3.05) is 20.7 Å². The molecular formula is C14H17NO4. The molecule has 102 valence electrons. The van der Waals surface area contributed by atoms with Gasteiger partial charge in [0.15, 0.2) is 0 Å². The average Bonchev–Trinajstić information content (AvgIpc) is 3.17. The molecule has 1 fully saturated rings. The number of hydrogen-bond acceptors (Lipinski definition) is 3. The van der Waals surface area contributed by atoms with Crippen molar-refractivity contribution in [3.63, 3.8) is 0 Å². The van der Waals surface area contributed by atoms with Gasteiger partial charge in [0.25, 0.3) is 0 Å². The number of carboxylic acid groups (broad SMARTS) is 1. The van der Waals surface area contributed by atoms with E-state index < -0.39 is 5.97 Å². The predicted octanol–water partition coefficient (Wildman–Crippen LogP) is 1.34. The van der Waals surface area contributed by atoms with Crippen molar-refractivity contribution in [3.05, 3.63) is 29.8 Å². The van der Waals surface area contributed by atoms with Crippen LogP contribution in [-0.4, -0.2) is 42.6 Å². The number of amides is 1. The Labute approximate surface area is 111 Å². The van der Waals surface area contributed by atoms with Crippen LogP contribution in [-0.2, 0) is 9.59 Å². The summed E-state index contributed by atoms with van der Waals surface area (Å²) in [6.07, 6.45) is 0.774. The number of carbonyl (C=O) groups excluding carboxylic acids is 1. The molecule has 2 unspecified atom stereocenters. The molecule has 2 rings (SSSR count). The van der Waals surface area contributed by atoms with Crippen LogP contribution in [0.4, 0.5) is 0 Å². The zero-order valence-corrected chi connectivity index (χ0v) is 11.0. The Hall–Kier alpha value is -2.04. The third-order valence-electron chi connectivity index (χ3n) is 3.38. The van der Waals surface area contributed by atoms with Gasteiger partial charge in [-0.25, -0.2) is 0 Å². The highest BCUT2D eigenvalue weighted by molar-refractivity contribution is 5.85. The van der Waals surface area contributed by atoms with E-state index in [0.717, 1.165) is 17.7 Å². The summed E-state index contributed by atoms with van der Waals surface area (Å²) in [4.78, 5) is 23.9. The molecule has 0 radical (unpaired) electrons. The van der Waals surface area contributed by atoms with Gasteiger partial charge in [-0.15, -0.1) is 0 Å². The lowest BCUT2D eigenvalue weighted by molar-refractivity contribution is -0.144. The molecule has 1 saturated carbocycles. The Balaban J connectivity index is 2.00. The zero-order chi connectivity index (χ0) is 14.0. The van der Waals surface area contributed by atoms with Crippen LogP contribution in [0.5, 0.6) is 5.75 Å². The lowest BCUT2D eigenvalue weighted by atomic mass is 10.1. The van der Waals surface area contributed by atoms with E-state index in [-0.39, 0.29) is 24.3 Å². The summed E-state index contributed by atoms with van der Waals surface area (Å²) in [6, 6.07) is 7.65. The molecule has 1 aromatic carbocycles. The van der Waals surface area contributed by atoms with Crippen LogP contribution in [0.15, 0.2) is 24.3 Å². The highest BCUT2D eigenvalue weighted by atomic mass is 16.5. The Morgan fingerprint density at radius 3 is 2.84 bits per heavy atom. The van der Waals surface area contributed by atoms with Crippen LogP contribution in [0, 0.1) is 5.92 Å². The maximum atomic E-state index is 12.0. The highest BCUT2D eigenvalue weighted by Crippen LogP contribution is 2.48. The molecule has 2 atom stereocenters. The Morgan fingerprint density at radius 1 is 1.47 bits per heavy atom. The lowest BCUT2D eigenvalue weighted by Crippen LogP contribution is -2.33. The maximum Gasteiger partial charge on any atom is 0.323 e. The second kappa shape index (κ2) is 5.30. The molecule has 0 spiro atoms. The van der Waals surface area contributed by atoms with Crippen LogP contribution in [0.25, 0.3) is 0 Å². The van der Waals surface area contributed by atoms with E-state index in [2.05, 4.69) is 0 Å². The summed E-state index contributed by atoms with van der Waals surface area (Å²) < 4.78 is 5.16. The number of nitrogens with zero attached hydrogens (tertiary/aromatic N) is 1. The number of rotatable bonds is 5. The Morgan fingerprint density at radius 2 is 2.21 bits per heavy atom. The number of carboxylic acids is 1. The van der Waals surface area contributed by atoms with Gasteiger partial charge < -0.3 is 14.7 Å². The van der Waals surface area contributed by atoms with Crippen molar-refractivity contribution in [2.45, 2.75) is 12.3 Å². The number of benzene rings is 1.